The van der Waals surface area contributed by atoms with Gasteiger partial charge in [-0.25, -0.2) is 26.3 Å². The molecule has 2 saturated carbocycles. The molecule has 4 N–H and O–H groups in total. The number of allylic oxidation sites excluding steroid dienone is 2. The van der Waals surface area contributed by atoms with Crippen LogP contribution in [0.3, 0.4) is 0 Å². The maximum Gasteiger partial charge on any atom is 0.326 e. The van der Waals surface area contributed by atoms with Crippen LogP contribution < -0.4 is 28.7 Å². The van der Waals surface area contributed by atoms with E-state index in [1.807, 2.05) is 24.3 Å². The lowest BCUT2D eigenvalue weighted by molar-refractivity contribution is -0.141. The molecule has 0 radical (unpaired) electrons. The smallest absolute Gasteiger partial charge is 0.326 e. The van der Waals surface area contributed by atoms with E-state index >= 15 is 0 Å². The van der Waals surface area contributed by atoms with E-state index in [1.165, 1.54) is 22.3 Å². The van der Waals surface area contributed by atoms with Crippen LogP contribution in [0, 0.1) is 23.7 Å². The number of sulfonamides is 2. The number of halogens is 2. The number of aliphatic hydroxyl groups excluding tert-OH is 2. The highest BCUT2D eigenvalue weighted by atomic mass is 35.5. The van der Waals surface area contributed by atoms with E-state index in [2.05, 4.69) is 31.4 Å². The number of rotatable bonds is 2. The highest BCUT2D eigenvalue weighted by Crippen LogP contribution is 2.49. The maximum absolute atomic E-state index is 13.4. The van der Waals surface area contributed by atoms with Crippen molar-refractivity contribution in [2.75, 3.05) is 63.4 Å². The zero-order chi connectivity index (χ0) is 60.7. The lowest BCUT2D eigenvalue weighted by atomic mass is 9.68. The molecule has 22 heteroatoms. The molecule has 86 heavy (non-hydrogen) atoms. The number of esters is 2. The second kappa shape index (κ2) is 25.1. The summed E-state index contributed by atoms with van der Waals surface area (Å²) in [4.78, 5) is 56.1. The van der Waals surface area contributed by atoms with Crippen LogP contribution in [0.4, 0.5) is 11.4 Å². The van der Waals surface area contributed by atoms with Gasteiger partial charge in [0, 0.05) is 58.2 Å². The van der Waals surface area contributed by atoms with Crippen molar-refractivity contribution in [3.8, 4) is 11.5 Å². The minimum Gasteiger partial charge on any atom is -0.490 e. The van der Waals surface area contributed by atoms with E-state index in [9.17, 15) is 46.2 Å². The summed E-state index contributed by atoms with van der Waals surface area (Å²) in [5.74, 6) is -1.82. The van der Waals surface area contributed by atoms with E-state index < -0.39 is 66.5 Å². The van der Waals surface area contributed by atoms with Crippen LogP contribution in [-0.2, 0) is 62.8 Å². The van der Waals surface area contributed by atoms with Gasteiger partial charge in [-0.3, -0.25) is 19.2 Å². The summed E-state index contributed by atoms with van der Waals surface area (Å²) < 4.78 is 79.5. The van der Waals surface area contributed by atoms with E-state index in [4.69, 9.17) is 42.1 Å². The molecule has 4 aromatic carbocycles. The second-order valence-corrected chi connectivity index (χ2v) is 29.1. The molecule has 8 aliphatic rings. The largest absolute Gasteiger partial charge is 0.490 e. The van der Waals surface area contributed by atoms with Crippen LogP contribution in [0.2, 0.25) is 10.0 Å². The standard InChI is InChI=1S/2C32H37ClN2O7S/c2*1-41-31(38)29-7-3-2-6-27(36)24-11-8-22(24)17-35-18-32(14-4-5-20-15-23(33)10-12-25(20)32)19-42-28-13-9-21(16-26(28)35)30(37)34-43(29,39)40/h2*2,6,9-10,12-13,15-16,22,24,27,29,36H,3-5,7-8,11,14,17-19H2,1H3,(H,34,37)/b2*6-2+/t22-,24+,27-,29+,32-;22-,24+,27-,29-,32-/m00/s1. The Labute approximate surface area is 512 Å². The Hall–Kier alpha value is -6.16. The van der Waals surface area contributed by atoms with Crippen molar-refractivity contribution in [1.82, 2.24) is 9.44 Å². The fraction of sp³-hybridized carbons (Fsp3) is 0.500. The number of nitrogens with one attached hydrogen (secondary N) is 2. The zero-order valence-electron chi connectivity index (χ0n) is 48.3. The number of methoxy groups -OCH3 is 2. The van der Waals surface area contributed by atoms with Crippen LogP contribution in [0.15, 0.2) is 97.1 Å². The van der Waals surface area contributed by atoms with Crippen molar-refractivity contribution in [3.05, 3.63) is 141 Å². The zero-order valence-corrected chi connectivity index (χ0v) is 51.4. The molecule has 4 aromatic rings. The minimum absolute atomic E-state index is 0.0387. The molecule has 460 valence electrons. The summed E-state index contributed by atoms with van der Waals surface area (Å²) in [6.07, 6.45) is 15.1. The van der Waals surface area contributed by atoms with Crippen LogP contribution in [0.5, 0.6) is 11.5 Å². The van der Waals surface area contributed by atoms with E-state index in [0.717, 1.165) is 78.4 Å². The number of aryl methyl sites for hydroxylation is 2. The molecule has 10 atom stereocenters. The van der Waals surface area contributed by atoms with Crippen molar-refractivity contribution in [2.45, 2.75) is 123 Å². The number of ether oxygens (including phenoxy) is 4. The molecule has 4 aliphatic heterocycles. The molecular formula is C64H74Cl2N4O14S2. The van der Waals surface area contributed by atoms with Gasteiger partial charge in [-0.15, -0.1) is 0 Å². The lowest BCUT2D eigenvalue weighted by Gasteiger charge is -2.45. The van der Waals surface area contributed by atoms with Crippen molar-refractivity contribution in [3.63, 3.8) is 0 Å². The summed E-state index contributed by atoms with van der Waals surface area (Å²) >= 11 is 12.7. The molecule has 2 spiro atoms. The fourth-order valence-corrected chi connectivity index (χ4v) is 17.5. The summed E-state index contributed by atoms with van der Waals surface area (Å²) in [6, 6.07) is 22.0. The number of carbonyl (C=O) groups is 4. The highest BCUT2D eigenvalue weighted by Gasteiger charge is 2.47. The summed E-state index contributed by atoms with van der Waals surface area (Å²) in [5, 5.41) is 20.4. The van der Waals surface area contributed by atoms with E-state index in [1.54, 1.807) is 60.7 Å². The number of anilines is 2. The first-order valence-corrected chi connectivity index (χ1v) is 33.6. The van der Waals surface area contributed by atoms with Gasteiger partial charge >= 0.3 is 11.9 Å². The number of amides is 2. The van der Waals surface area contributed by atoms with Gasteiger partial charge in [-0.1, -0.05) is 59.6 Å². The van der Waals surface area contributed by atoms with Crippen molar-refractivity contribution >= 4 is 78.4 Å². The highest BCUT2D eigenvalue weighted by molar-refractivity contribution is 7.91. The number of hydrogen-bond acceptors (Lipinski definition) is 16. The number of carbonyl (C=O) groups excluding carboxylic acids is 4. The molecule has 0 saturated heterocycles. The number of fused-ring (bicyclic) bond motifs is 8. The van der Waals surface area contributed by atoms with Gasteiger partial charge < -0.3 is 39.0 Å². The van der Waals surface area contributed by atoms with Crippen LogP contribution in [0.25, 0.3) is 0 Å². The third-order valence-corrected chi connectivity index (χ3v) is 23.1. The molecule has 12 rings (SSSR count). The predicted octanol–water partition coefficient (Wildman–Crippen LogP) is 8.30. The maximum atomic E-state index is 13.4. The monoisotopic (exact) mass is 1260 g/mol. The Morgan fingerprint density at radius 1 is 0.593 bits per heavy atom. The van der Waals surface area contributed by atoms with Gasteiger partial charge in [-0.05, 0) is 196 Å². The van der Waals surface area contributed by atoms with Gasteiger partial charge in [0.1, 0.15) is 11.5 Å². The Balaban J connectivity index is 0.000000179. The van der Waals surface area contributed by atoms with Crippen LogP contribution in [0.1, 0.15) is 120 Å². The first-order valence-electron chi connectivity index (χ1n) is 29.8. The third kappa shape index (κ3) is 12.5. The lowest BCUT2D eigenvalue weighted by Crippen LogP contribution is -2.49. The molecular weight excluding hydrogens is 1180 g/mol. The average molecular weight is 1260 g/mol. The molecule has 0 aromatic heterocycles. The average Bonchev–Trinajstić information content (AvgIpc) is 2.33. The molecule has 2 fully saturated rings. The van der Waals surface area contributed by atoms with Gasteiger partial charge in [0.05, 0.1) is 51.0 Å². The first-order chi connectivity index (χ1) is 41.2. The molecule has 2 amide bonds. The van der Waals surface area contributed by atoms with Gasteiger partial charge in [0.2, 0.25) is 20.0 Å². The molecule has 0 unspecified atom stereocenters. The Kier molecular flexibility index (Phi) is 18.0. The number of hydrogen-bond donors (Lipinski definition) is 4. The summed E-state index contributed by atoms with van der Waals surface area (Å²) in [6.45, 7) is 3.49. The second-order valence-electron chi connectivity index (χ2n) is 24.5. The topological polar surface area (TPSA) is 244 Å². The number of nitrogens with zero attached hydrogens (tertiary/aromatic N) is 2. The summed E-state index contributed by atoms with van der Waals surface area (Å²) in [7, 11) is -6.59. The van der Waals surface area contributed by atoms with Crippen molar-refractivity contribution < 1.29 is 65.2 Å². The van der Waals surface area contributed by atoms with Gasteiger partial charge in [0.25, 0.3) is 11.8 Å². The number of aliphatic hydroxyl groups is 2. The van der Waals surface area contributed by atoms with E-state index in [0.29, 0.717) is 72.3 Å². The van der Waals surface area contributed by atoms with Crippen molar-refractivity contribution in [1.29, 1.82) is 0 Å². The Bertz CT molecular complexity index is 3350. The van der Waals surface area contributed by atoms with Gasteiger partial charge in [-0.2, -0.15) is 0 Å². The van der Waals surface area contributed by atoms with Crippen molar-refractivity contribution in [2.24, 2.45) is 23.7 Å². The minimum atomic E-state index is -4.41. The third-order valence-electron chi connectivity index (χ3n) is 19.3. The first kappa shape index (κ1) is 61.5. The molecule has 4 bridgehead atoms. The van der Waals surface area contributed by atoms with Crippen LogP contribution in [-0.4, -0.2) is 127 Å². The van der Waals surface area contributed by atoms with Gasteiger partial charge in [0.15, 0.2) is 10.5 Å². The molecule has 18 nitrogen and oxygen atoms in total. The summed E-state index contributed by atoms with van der Waals surface area (Å²) in [5.41, 5.74) is 5.94. The molecule has 4 heterocycles. The van der Waals surface area contributed by atoms with Crippen LogP contribution >= 0.6 is 23.2 Å². The number of benzene rings is 4. The quantitative estimate of drug-likeness (QED) is 0.109. The SMILES string of the molecule is COC(=O)[C@@H]1CC/C=C/[C@H](O)[C@@H]2CC[C@H]2CN2C[C@@]3(CCCc4cc(Cl)ccc43)COc3ccc(cc32)C(=O)NS1(=O)=O.COC(=O)[C@H]1CC/C=C/[C@H](O)[C@@H]2CC[C@H]2CN2C[C@@]3(CCCc4cc(Cl)ccc43)COc3ccc(cc32)C(=O)NS1(=O)=O. The Morgan fingerprint density at radius 3 is 1.40 bits per heavy atom. The Morgan fingerprint density at radius 2 is 1.01 bits per heavy atom. The normalized spacial score (nSPS) is 30.9. The van der Waals surface area contributed by atoms with E-state index in [-0.39, 0.29) is 71.3 Å². The fourth-order valence-electron chi connectivity index (χ4n) is 14.5. The predicted molar refractivity (Wildman–Crippen MR) is 326 cm³/mol. The molecule has 4 aliphatic carbocycles.